The van der Waals surface area contributed by atoms with Gasteiger partial charge in [-0.25, -0.2) is 4.79 Å². The van der Waals surface area contributed by atoms with E-state index in [0.29, 0.717) is 17.9 Å². The molecule has 5 atom stereocenters. The number of thioether (sulfide) groups is 1. The Balaban J connectivity index is 1.46. The number of carbonyl (C=O) groups excluding carboxylic acids is 4. The summed E-state index contributed by atoms with van der Waals surface area (Å²) in [4.78, 5) is 52.1. The van der Waals surface area contributed by atoms with Crippen LogP contribution in [-0.4, -0.2) is 64.5 Å². The minimum atomic E-state index is -0.838. The third-order valence-electron chi connectivity index (χ3n) is 7.37. The van der Waals surface area contributed by atoms with E-state index in [2.05, 4.69) is 5.32 Å². The van der Waals surface area contributed by atoms with Crippen LogP contribution in [0.25, 0.3) is 0 Å². The van der Waals surface area contributed by atoms with E-state index in [1.54, 1.807) is 6.92 Å². The lowest BCUT2D eigenvalue weighted by molar-refractivity contribution is -0.177. The molecular weight excluding hydrogens is 448 g/mol. The number of hydrogen-bond donors (Lipinski definition) is 2. The largest absolute Gasteiger partial charge is 0.427 e. The highest BCUT2D eigenvalue weighted by molar-refractivity contribution is 8.03. The number of rotatable bonds is 7. The molecule has 0 aromatic heterocycles. The average Bonchev–Trinajstić information content (AvgIpc) is 3.27. The van der Waals surface area contributed by atoms with E-state index in [1.165, 1.54) is 16.7 Å². The fourth-order valence-corrected chi connectivity index (χ4v) is 6.83. The molecule has 4 aliphatic rings. The number of nitrogens with zero attached hydrogens (tertiary/aromatic N) is 1. The summed E-state index contributed by atoms with van der Waals surface area (Å²) in [6.45, 7) is 5.33. The van der Waals surface area contributed by atoms with Crippen LogP contribution in [-0.2, 0) is 28.7 Å². The normalized spacial score (nSPS) is 31.6. The van der Waals surface area contributed by atoms with Gasteiger partial charge in [-0.2, -0.15) is 0 Å². The van der Waals surface area contributed by atoms with Gasteiger partial charge in [-0.1, -0.05) is 26.2 Å². The van der Waals surface area contributed by atoms with Crippen molar-refractivity contribution in [3.63, 3.8) is 0 Å². The fraction of sp³-hybridized carbons (Fsp3) is 0.739. The maximum atomic E-state index is 13.1. The van der Waals surface area contributed by atoms with Crippen molar-refractivity contribution in [2.24, 2.45) is 17.3 Å². The van der Waals surface area contributed by atoms with Crippen LogP contribution in [0, 0.1) is 17.3 Å². The molecule has 1 saturated carbocycles. The number of aliphatic hydroxyl groups excluding tert-OH is 1. The van der Waals surface area contributed by atoms with E-state index in [0.717, 1.165) is 32.1 Å². The van der Waals surface area contributed by atoms with Crippen LogP contribution in [0.1, 0.15) is 59.3 Å². The lowest BCUT2D eigenvalue weighted by Gasteiger charge is -2.46. The number of aliphatic hydroxyl groups is 1. The van der Waals surface area contributed by atoms with Gasteiger partial charge in [-0.3, -0.25) is 14.4 Å². The first kappa shape index (κ1) is 24.1. The molecule has 4 rings (SSSR count). The zero-order chi connectivity index (χ0) is 23.9. The van der Waals surface area contributed by atoms with Gasteiger partial charge in [-0.15, -0.1) is 11.8 Å². The zero-order valence-corrected chi connectivity index (χ0v) is 20.1. The fourth-order valence-electron chi connectivity index (χ4n) is 5.43. The Morgan fingerprint density at radius 2 is 1.94 bits per heavy atom. The first-order chi connectivity index (χ1) is 15.6. The molecule has 2 amide bonds. The van der Waals surface area contributed by atoms with Crippen molar-refractivity contribution in [2.75, 3.05) is 13.3 Å². The second-order valence-corrected chi connectivity index (χ2v) is 11.2. The van der Waals surface area contributed by atoms with Crippen LogP contribution >= 0.6 is 11.8 Å². The van der Waals surface area contributed by atoms with E-state index in [1.807, 2.05) is 13.8 Å². The third-order valence-corrected chi connectivity index (χ3v) is 8.85. The summed E-state index contributed by atoms with van der Waals surface area (Å²) < 4.78 is 10.6. The molecule has 2 saturated heterocycles. The zero-order valence-electron chi connectivity index (χ0n) is 19.3. The molecule has 0 spiro atoms. The summed E-state index contributed by atoms with van der Waals surface area (Å²) in [5, 5.41) is 12.8. The van der Waals surface area contributed by atoms with E-state index in [4.69, 9.17) is 9.47 Å². The first-order valence-corrected chi connectivity index (χ1v) is 12.5. The Morgan fingerprint density at radius 1 is 1.24 bits per heavy atom. The van der Waals surface area contributed by atoms with Gasteiger partial charge in [-0.05, 0) is 26.7 Å². The molecule has 2 N–H and O–H groups in total. The van der Waals surface area contributed by atoms with Crippen LogP contribution < -0.4 is 5.32 Å². The van der Waals surface area contributed by atoms with Gasteiger partial charge in [0.1, 0.15) is 5.70 Å². The van der Waals surface area contributed by atoms with Gasteiger partial charge in [0.05, 0.1) is 23.5 Å². The number of hydrogen-bond acceptors (Lipinski definition) is 8. The molecule has 10 heteroatoms. The third kappa shape index (κ3) is 4.39. The van der Waals surface area contributed by atoms with Crippen molar-refractivity contribution in [1.82, 2.24) is 10.2 Å². The van der Waals surface area contributed by atoms with E-state index < -0.39 is 30.2 Å². The molecule has 0 aromatic rings. The van der Waals surface area contributed by atoms with E-state index >= 15 is 0 Å². The Kier molecular flexibility index (Phi) is 6.77. The second kappa shape index (κ2) is 9.29. The Labute approximate surface area is 197 Å². The van der Waals surface area contributed by atoms with Crippen molar-refractivity contribution in [3.05, 3.63) is 10.6 Å². The standard InChI is InChI=1S/C23H32N2O7S/c1-12-17-16(13(2)26)20(28)25(17)18(19(12)33-14-9-15(27)24-10-14)21(29)31-11-32-22(30)23(3)7-5-4-6-8-23/h12-14,16-17,26H,4-11H2,1-3H3,(H,24,27)/t12?,13?,14?,16?,17-/m1/s1. The van der Waals surface area contributed by atoms with Crippen LogP contribution in [0.4, 0.5) is 0 Å². The Bertz CT molecular complexity index is 880. The molecule has 33 heavy (non-hydrogen) atoms. The number of esters is 2. The van der Waals surface area contributed by atoms with Gasteiger partial charge in [0.25, 0.3) is 0 Å². The smallest absolute Gasteiger partial charge is 0.358 e. The van der Waals surface area contributed by atoms with Crippen LogP contribution in [0.2, 0.25) is 0 Å². The van der Waals surface area contributed by atoms with Crippen LogP contribution in [0.5, 0.6) is 0 Å². The molecule has 1 aliphatic carbocycles. The quantitative estimate of drug-likeness (QED) is 0.321. The molecule has 0 radical (unpaired) electrons. The molecule has 182 valence electrons. The topological polar surface area (TPSA) is 122 Å². The second-order valence-electron chi connectivity index (χ2n) is 9.82. The molecule has 4 unspecified atom stereocenters. The van der Waals surface area contributed by atoms with Gasteiger partial charge < -0.3 is 24.8 Å². The highest BCUT2D eigenvalue weighted by atomic mass is 32.2. The molecule has 0 aromatic carbocycles. The van der Waals surface area contributed by atoms with Crippen LogP contribution in [0.15, 0.2) is 10.6 Å². The number of β-lactam (4-membered cyclic amide) rings is 1. The maximum absolute atomic E-state index is 13.1. The van der Waals surface area contributed by atoms with Crippen molar-refractivity contribution in [3.8, 4) is 0 Å². The summed E-state index contributed by atoms with van der Waals surface area (Å²) in [6, 6.07) is -0.337. The molecule has 0 bridgehead atoms. The lowest BCUT2D eigenvalue weighted by atomic mass is 9.76. The number of nitrogens with one attached hydrogen (secondary N) is 1. The number of fused-ring (bicyclic) bond motifs is 1. The van der Waals surface area contributed by atoms with Crippen molar-refractivity contribution < 1.29 is 33.8 Å². The molecular formula is C23H32N2O7S. The Hall–Kier alpha value is -2.07. The summed E-state index contributed by atoms with van der Waals surface area (Å²) in [7, 11) is 0. The predicted octanol–water partition coefficient (Wildman–Crippen LogP) is 1.69. The molecule has 9 nitrogen and oxygen atoms in total. The van der Waals surface area contributed by atoms with Gasteiger partial charge >= 0.3 is 11.9 Å². The predicted molar refractivity (Wildman–Crippen MR) is 119 cm³/mol. The van der Waals surface area contributed by atoms with Gasteiger partial charge in [0.2, 0.25) is 18.6 Å². The first-order valence-electron chi connectivity index (χ1n) is 11.7. The minimum absolute atomic E-state index is 0.0489. The monoisotopic (exact) mass is 480 g/mol. The average molecular weight is 481 g/mol. The number of ether oxygens (including phenoxy) is 2. The highest BCUT2D eigenvalue weighted by Gasteiger charge is 2.60. The Morgan fingerprint density at radius 3 is 2.55 bits per heavy atom. The maximum Gasteiger partial charge on any atom is 0.358 e. The van der Waals surface area contributed by atoms with Crippen LogP contribution in [0.3, 0.4) is 0 Å². The van der Waals surface area contributed by atoms with Crippen molar-refractivity contribution in [1.29, 1.82) is 0 Å². The minimum Gasteiger partial charge on any atom is -0.427 e. The number of carbonyl (C=O) groups is 4. The summed E-state index contributed by atoms with van der Waals surface area (Å²) in [5.74, 6) is -2.25. The SMILES string of the molecule is CC(O)C1C(=O)N2C(C(=O)OCOC(=O)C3(C)CCCCC3)=C(SC3CNC(=O)C3)C(C)[C@H]12. The van der Waals surface area contributed by atoms with E-state index in [9.17, 15) is 24.3 Å². The van der Waals surface area contributed by atoms with Crippen molar-refractivity contribution >= 4 is 35.5 Å². The molecule has 3 aliphatic heterocycles. The summed E-state index contributed by atoms with van der Waals surface area (Å²) >= 11 is 1.40. The number of amides is 2. The highest BCUT2D eigenvalue weighted by Crippen LogP contribution is 2.52. The molecule has 3 heterocycles. The summed E-state index contributed by atoms with van der Waals surface area (Å²) in [5.41, 5.74) is -0.420. The van der Waals surface area contributed by atoms with E-state index in [-0.39, 0.29) is 40.7 Å². The summed E-state index contributed by atoms with van der Waals surface area (Å²) in [6.07, 6.45) is 4.04. The van der Waals surface area contributed by atoms with Gasteiger partial charge in [0.15, 0.2) is 0 Å². The van der Waals surface area contributed by atoms with Gasteiger partial charge in [0, 0.05) is 29.0 Å². The lowest BCUT2D eigenvalue weighted by Crippen LogP contribution is -2.63. The van der Waals surface area contributed by atoms with Crippen molar-refractivity contribution in [2.45, 2.75) is 76.7 Å². The molecule has 3 fully saturated rings.